The summed E-state index contributed by atoms with van der Waals surface area (Å²) in [5.41, 5.74) is 7.49. The second kappa shape index (κ2) is 4.09. The highest BCUT2D eigenvalue weighted by atomic mass is 16.5. The summed E-state index contributed by atoms with van der Waals surface area (Å²) in [6, 6.07) is 11.4. The van der Waals surface area contributed by atoms with E-state index >= 15 is 0 Å². The van der Waals surface area contributed by atoms with Crippen molar-refractivity contribution in [1.82, 2.24) is 4.98 Å². The first kappa shape index (κ1) is 9.65. The van der Waals surface area contributed by atoms with Gasteiger partial charge in [0.25, 0.3) is 0 Å². The number of para-hydroxylation sites is 2. The molecule has 15 heavy (non-hydrogen) atoms. The molecule has 3 nitrogen and oxygen atoms in total. The Morgan fingerprint density at radius 2 is 2.00 bits per heavy atom. The largest absolute Gasteiger partial charge is 0.482 e. The Balaban J connectivity index is 2.13. The number of ether oxygens (including phenoxy) is 1. The van der Waals surface area contributed by atoms with E-state index in [-0.39, 0.29) is 6.10 Å². The summed E-state index contributed by atoms with van der Waals surface area (Å²) in [7, 11) is 0. The molecule has 2 aromatic rings. The summed E-state index contributed by atoms with van der Waals surface area (Å²) in [5.74, 6) is 0.722. The topological polar surface area (TPSA) is 51.0 Å². The van der Waals surface area contributed by atoms with Gasteiger partial charge in [0.2, 0.25) is 0 Å². The lowest BCUT2D eigenvalue weighted by molar-refractivity contribution is 0.224. The molecule has 0 bridgehead atoms. The van der Waals surface area contributed by atoms with Gasteiger partial charge < -0.3 is 15.5 Å². The third kappa shape index (κ3) is 2.13. The van der Waals surface area contributed by atoms with Gasteiger partial charge in [0.1, 0.15) is 11.9 Å². The van der Waals surface area contributed by atoms with Crippen LogP contribution in [0.1, 0.15) is 18.7 Å². The van der Waals surface area contributed by atoms with Crippen molar-refractivity contribution in [3.63, 3.8) is 0 Å². The maximum absolute atomic E-state index is 5.79. The van der Waals surface area contributed by atoms with Crippen molar-refractivity contribution >= 4 is 5.69 Å². The summed E-state index contributed by atoms with van der Waals surface area (Å²) < 4.78 is 5.73. The summed E-state index contributed by atoms with van der Waals surface area (Å²) in [6.07, 6.45) is 1.86. The van der Waals surface area contributed by atoms with Crippen molar-refractivity contribution in [2.75, 3.05) is 5.73 Å². The molecule has 2 rings (SSSR count). The van der Waals surface area contributed by atoms with Gasteiger partial charge in [-0.05, 0) is 31.2 Å². The third-order valence-corrected chi connectivity index (χ3v) is 2.28. The molecule has 3 N–H and O–H groups in total. The molecule has 0 saturated heterocycles. The molecular formula is C12H14N2O. The molecule has 0 amide bonds. The van der Waals surface area contributed by atoms with E-state index < -0.39 is 0 Å². The second-order valence-electron chi connectivity index (χ2n) is 3.42. The molecule has 0 fully saturated rings. The van der Waals surface area contributed by atoms with Gasteiger partial charge in [0, 0.05) is 6.20 Å². The minimum absolute atomic E-state index is 0.0234. The average molecular weight is 202 g/mol. The first-order chi connectivity index (χ1) is 7.27. The van der Waals surface area contributed by atoms with Gasteiger partial charge in [-0.1, -0.05) is 12.1 Å². The number of anilines is 1. The molecule has 1 aromatic carbocycles. The molecule has 0 aliphatic rings. The Labute approximate surface area is 88.9 Å². The van der Waals surface area contributed by atoms with Crippen LogP contribution in [-0.4, -0.2) is 4.98 Å². The SMILES string of the molecule is CC(Oc1ccccc1N)c1ccc[nH]1. The molecular weight excluding hydrogens is 188 g/mol. The van der Waals surface area contributed by atoms with Crippen LogP contribution in [0, 0.1) is 0 Å². The smallest absolute Gasteiger partial charge is 0.143 e. The van der Waals surface area contributed by atoms with Crippen molar-refractivity contribution < 1.29 is 4.74 Å². The summed E-state index contributed by atoms with van der Waals surface area (Å²) in [6.45, 7) is 1.98. The number of nitrogens with two attached hydrogens (primary N) is 1. The minimum Gasteiger partial charge on any atom is -0.482 e. The Morgan fingerprint density at radius 1 is 1.20 bits per heavy atom. The lowest BCUT2D eigenvalue weighted by Gasteiger charge is -2.14. The summed E-state index contributed by atoms with van der Waals surface area (Å²) in [5, 5.41) is 0. The van der Waals surface area contributed by atoms with E-state index in [0.717, 1.165) is 11.4 Å². The van der Waals surface area contributed by atoms with Crippen molar-refractivity contribution in [1.29, 1.82) is 0 Å². The standard InChI is InChI=1S/C12H14N2O/c1-9(11-6-4-8-14-11)15-12-7-3-2-5-10(12)13/h2-9,14H,13H2,1H3. The molecule has 1 atom stereocenters. The first-order valence-corrected chi connectivity index (χ1v) is 4.92. The van der Waals surface area contributed by atoms with Crippen molar-refractivity contribution in [2.45, 2.75) is 13.0 Å². The highest BCUT2D eigenvalue weighted by Gasteiger charge is 2.08. The number of H-pyrrole nitrogens is 1. The van der Waals surface area contributed by atoms with Crippen LogP contribution in [-0.2, 0) is 0 Å². The Morgan fingerprint density at radius 3 is 2.67 bits per heavy atom. The molecule has 0 saturated carbocycles. The van der Waals surface area contributed by atoms with Crippen molar-refractivity contribution in [2.24, 2.45) is 0 Å². The predicted molar refractivity (Wildman–Crippen MR) is 60.7 cm³/mol. The van der Waals surface area contributed by atoms with Crippen LogP contribution in [0.4, 0.5) is 5.69 Å². The number of nitrogens with one attached hydrogen (secondary N) is 1. The van der Waals surface area contributed by atoms with E-state index in [4.69, 9.17) is 10.5 Å². The molecule has 1 heterocycles. The van der Waals surface area contributed by atoms with Crippen LogP contribution in [0.15, 0.2) is 42.6 Å². The zero-order chi connectivity index (χ0) is 10.7. The number of nitrogen functional groups attached to an aromatic ring is 1. The van der Waals surface area contributed by atoms with E-state index in [1.165, 1.54) is 0 Å². The van der Waals surface area contributed by atoms with E-state index in [1.807, 2.05) is 49.5 Å². The second-order valence-corrected chi connectivity index (χ2v) is 3.42. The van der Waals surface area contributed by atoms with E-state index in [0.29, 0.717) is 5.69 Å². The quantitative estimate of drug-likeness (QED) is 0.752. The number of hydrogen-bond acceptors (Lipinski definition) is 2. The van der Waals surface area contributed by atoms with Crippen LogP contribution in [0.2, 0.25) is 0 Å². The molecule has 1 unspecified atom stereocenters. The lowest BCUT2D eigenvalue weighted by Crippen LogP contribution is -2.04. The average Bonchev–Trinajstić information content (AvgIpc) is 2.74. The maximum Gasteiger partial charge on any atom is 0.143 e. The molecule has 0 aliphatic carbocycles. The van der Waals surface area contributed by atoms with Crippen LogP contribution >= 0.6 is 0 Å². The summed E-state index contributed by atoms with van der Waals surface area (Å²) in [4.78, 5) is 3.11. The van der Waals surface area contributed by atoms with Gasteiger partial charge in [-0.15, -0.1) is 0 Å². The van der Waals surface area contributed by atoms with Gasteiger partial charge in [0.05, 0.1) is 11.4 Å². The molecule has 3 heteroatoms. The van der Waals surface area contributed by atoms with Gasteiger partial charge in [-0.25, -0.2) is 0 Å². The predicted octanol–water partition coefficient (Wildman–Crippen LogP) is 2.74. The minimum atomic E-state index is -0.0234. The third-order valence-electron chi connectivity index (χ3n) is 2.28. The van der Waals surface area contributed by atoms with Crippen molar-refractivity contribution in [3.05, 3.63) is 48.3 Å². The number of benzene rings is 1. The van der Waals surface area contributed by atoms with Crippen LogP contribution in [0.5, 0.6) is 5.75 Å². The van der Waals surface area contributed by atoms with E-state index in [2.05, 4.69) is 4.98 Å². The normalized spacial score (nSPS) is 12.3. The van der Waals surface area contributed by atoms with Crippen LogP contribution in [0.25, 0.3) is 0 Å². The zero-order valence-electron chi connectivity index (χ0n) is 8.60. The van der Waals surface area contributed by atoms with Gasteiger partial charge >= 0.3 is 0 Å². The fourth-order valence-corrected chi connectivity index (χ4v) is 1.44. The van der Waals surface area contributed by atoms with Gasteiger partial charge in [-0.2, -0.15) is 0 Å². The van der Waals surface area contributed by atoms with Gasteiger partial charge in [-0.3, -0.25) is 0 Å². The molecule has 78 valence electrons. The van der Waals surface area contributed by atoms with E-state index in [1.54, 1.807) is 0 Å². The van der Waals surface area contributed by atoms with Crippen LogP contribution < -0.4 is 10.5 Å². The molecule has 0 spiro atoms. The number of aromatic amines is 1. The maximum atomic E-state index is 5.79. The highest BCUT2D eigenvalue weighted by molar-refractivity contribution is 5.51. The summed E-state index contributed by atoms with van der Waals surface area (Å²) >= 11 is 0. The van der Waals surface area contributed by atoms with E-state index in [9.17, 15) is 0 Å². The molecule has 0 radical (unpaired) electrons. The number of hydrogen-bond donors (Lipinski definition) is 2. The fraction of sp³-hybridized carbons (Fsp3) is 0.167. The molecule has 0 aliphatic heterocycles. The highest BCUT2D eigenvalue weighted by Crippen LogP contribution is 2.25. The number of aromatic nitrogens is 1. The van der Waals surface area contributed by atoms with Crippen LogP contribution in [0.3, 0.4) is 0 Å². The fourth-order valence-electron chi connectivity index (χ4n) is 1.44. The van der Waals surface area contributed by atoms with Crippen molar-refractivity contribution in [3.8, 4) is 5.75 Å². The Bertz CT molecular complexity index is 423. The zero-order valence-corrected chi connectivity index (χ0v) is 8.60. The number of rotatable bonds is 3. The Hall–Kier alpha value is -1.90. The monoisotopic (exact) mass is 202 g/mol. The molecule has 1 aromatic heterocycles. The lowest BCUT2D eigenvalue weighted by atomic mass is 10.2. The Kier molecular flexibility index (Phi) is 2.63. The first-order valence-electron chi connectivity index (χ1n) is 4.92. The van der Waals surface area contributed by atoms with Gasteiger partial charge in [0.15, 0.2) is 0 Å².